The van der Waals surface area contributed by atoms with E-state index in [0.29, 0.717) is 0 Å². The molecular weight excluding hydrogens is 237 g/mol. The van der Waals surface area contributed by atoms with Gasteiger partial charge in [0.15, 0.2) is 0 Å². The van der Waals surface area contributed by atoms with Crippen LogP contribution >= 0.6 is 26.8 Å². The summed E-state index contributed by atoms with van der Waals surface area (Å²) in [6.07, 6.45) is 0. The zero-order chi connectivity index (χ0) is 3.58. The van der Waals surface area contributed by atoms with Crippen LogP contribution in [-0.2, 0) is 0 Å². The van der Waals surface area contributed by atoms with Crippen molar-refractivity contribution in [1.29, 1.82) is 0 Å². The molecule has 0 amide bonds. The molecule has 5 heavy (non-hydrogen) atoms. The molecular formula is CH4Cl3Sn. The summed E-state index contributed by atoms with van der Waals surface area (Å²) < 4.78 is 0. The second-order valence-corrected chi connectivity index (χ2v) is 14.9. The summed E-state index contributed by atoms with van der Waals surface area (Å²) in [5, 5.41) is 0. The summed E-state index contributed by atoms with van der Waals surface area (Å²) in [7, 11) is 15.0. The average Bonchev–Trinajstić information content (AvgIpc) is 0.811. The summed E-state index contributed by atoms with van der Waals surface area (Å²) in [6, 6.07) is 0. The fraction of sp³-hybridized carbons (Fsp3) is 0. The Bertz CT molecular complexity index is 11.6. The van der Waals surface area contributed by atoms with Crippen molar-refractivity contribution in [2.24, 2.45) is 0 Å². The molecule has 0 aliphatic heterocycles. The predicted octanol–water partition coefficient (Wildman–Crippen LogP) is 1.87. The Morgan fingerprint density at radius 2 is 1.00 bits per heavy atom. The van der Waals surface area contributed by atoms with Crippen molar-refractivity contribution in [3.05, 3.63) is 7.43 Å². The molecule has 0 aromatic rings. The van der Waals surface area contributed by atoms with Gasteiger partial charge < -0.3 is 0 Å². The van der Waals surface area contributed by atoms with Gasteiger partial charge in [0.1, 0.15) is 0 Å². The van der Waals surface area contributed by atoms with Crippen LogP contribution < -0.4 is 0 Å². The number of rotatable bonds is 0. The Hall–Kier alpha value is 1.67. The van der Waals surface area contributed by atoms with Gasteiger partial charge in [-0.3, -0.25) is 0 Å². The molecule has 0 atom stereocenters. The molecule has 0 rings (SSSR count). The third-order valence-electron chi connectivity index (χ3n) is 0. The molecule has 0 fully saturated rings. The maximum atomic E-state index is 5.02. The summed E-state index contributed by atoms with van der Waals surface area (Å²) in [6.45, 7) is 0. The Kier molecular flexibility index (Phi) is 11.1. The van der Waals surface area contributed by atoms with Crippen LogP contribution in [0.4, 0.5) is 0 Å². The van der Waals surface area contributed by atoms with E-state index >= 15 is 0 Å². The van der Waals surface area contributed by atoms with Crippen molar-refractivity contribution in [1.82, 2.24) is 0 Å². The topological polar surface area (TPSA) is 0 Å². The van der Waals surface area contributed by atoms with E-state index in [1.54, 1.807) is 0 Å². The Balaban J connectivity index is 0. The van der Waals surface area contributed by atoms with Crippen LogP contribution in [0.15, 0.2) is 0 Å². The Morgan fingerprint density at radius 3 is 1.00 bits per heavy atom. The number of halogens is 3. The van der Waals surface area contributed by atoms with Gasteiger partial charge >= 0.3 is 43.1 Å². The Labute approximate surface area is 50.3 Å². The molecule has 0 bridgehead atoms. The number of hydrogen-bond acceptors (Lipinski definition) is 0. The van der Waals surface area contributed by atoms with Crippen LogP contribution in [0.25, 0.3) is 0 Å². The zero-order valence-electron chi connectivity index (χ0n) is 2.71. The van der Waals surface area contributed by atoms with Gasteiger partial charge in [0, 0.05) is 0 Å². The van der Waals surface area contributed by atoms with Crippen LogP contribution in [0.2, 0.25) is 0 Å². The monoisotopic (exact) mass is 241 g/mol. The SMILES string of the molecule is [CH3].[Cl][SnH]([Cl])[Cl]. The minimum absolute atomic E-state index is 0. The molecule has 4 heteroatoms. The van der Waals surface area contributed by atoms with Crippen LogP contribution in [0.3, 0.4) is 0 Å². The molecule has 0 aromatic carbocycles. The van der Waals surface area contributed by atoms with Crippen LogP contribution in [-0.4, -0.2) is 16.4 Å². The van der Waals surface area contributed by atoms with Crippen molar-refractivity contribution in [2.45, 2.75) is 0 Å². The van der Waals surface area contributed by atoms with Crippen LogP contribution in [0, 0.1) is 7.43 Å². The van der Waals surface area contributed by atoms with Crippen molar-refractivity contribution >= 4 is 43.1 Å². The van der Waals surface area contributed by atoms with E-state index < -0.39 is 16.4 Å². The molecule has 33 valence electrons. The van der Waals surface area contributed by atoms with Gasteiger partial charge in [-0.2, -0.15) is 0 Å². The normalized spacial score (nSPS) is 7.20. The molecule has 0 nitrogen and oxygen atoms in total. The van der Waals surface area contributed by atoms with E-state index in [1.165, 1.54) is 0 Å². The van der Waals surface area contributed by atoms with E-state index in [-0.39, 0.29) is 7.43 Å². The second-order valence-electron chi connectivity index (χ2n) is 0.247. The first-order chi connectivity index (χ1) is 1.73. The van der Waals surface area contributed by atoms with Gasteiger partial charge in [-0.1, -0.05) is 7.43 Å². The molecule has 0 saturated heterocycles. The predicted molar refractivity (Wildman–Crippen MR) is 31.1 cm³/mol. The minimum atomic E-state index is -2.22. The fourth-order valence-corrected chi connectivity index (χ4v) is 0. The first kappa shape index (κ1) is 9.83. The van der Waals surface area contributed by atoms with E-state index in [9.17, 15) is 0 Å². The number of hydrogen-bond donors (Lipinski definition) is 0. The molecule has 0 aliphatic carbocycles. The van der Waals surface area contributed by atoms with E-state index in [2.05, 4.69) is 0 Å². The van der Waals surface area contributed by atoms with E-state index in [0.717, 1.165) is 0 Å². The average molecular weight is 241 g/mol. The fourth-order valence-electron chi connectivity index (χ4n) is 0. The first-order valence-corrected chi connectivity index (χ1v) is 13.2. The summed E-state index contributed by atoms with van der Waals surface area (Å²) in [5.41, 5.74) is 0. The summed E-state index contributed by atoms with van der Waals surface area (Å²) >= 11 is -2.22. The molecule has 1 radical (unpaired) electrons. The molecule has 0 spiro atoms. The van der Waals surface area contributed by atoms with Crippen molar-refractivity contribution in [3.63, 3.8) is 0 Å². The standard InChI is InChI=1S/CH3.3ClH.Sn.H/h1H3;3*1H;;/q;;;;+3;/p-3. The zero-order valence-corrected chi connectivity index (χ0v) is 8.27. The third-order valence-corrected chi connectivity index (χ3v) is 0. The second kappa shape index (κ2) is 5.67. The molecule has 0 aromatic heterocycles. The summed E-state index contributed by atoms with van der Waals surface area (Å²) in [5.74, 6) is 0. The van der Waals surface area contributed by atoms with E-state index in [1.807, 2.05) is 0 Å². The van der Waals surface area contributed by atoms with Gasteiger partial charge in [-0.15, -0.1) is 0 Å². The van der Waals surface area contributed by atoms with Crippen LogP contribution in [0.5, 0.6) is 0 Å². The molecule has 0 unspecified atom stereocenters. The first-order valence-electron chi connectivity index (χ1n) is 0.655. The van der Waals surface area contributed by atoms with Gasteiger partial charge in [0.05, 0.1) is 0 Å². The van der Waals surface area contributed by atoms with Crippen molar-refractivity contribution in [3.8, 4) is 0 Å². The third kappa shape index (κ3) is 27.4. The Morgan fingerprint density at radius 1 is 1.00 bits per heavy atom. The quantitative estimate of drug-likeness (QED) is 0.568. The van der Waals surface area contributed by atoms with Gasteiger partial charge in [0.2, 0.25) is 0 Å². The van der Waals surface area contributed by atoms with Gasteiger partial charge in [0.25, 0.3) is 0 Å². The van der Waals surface area contributed by atoms with Crippen LogP contribution in [0.1, 0.15) is 0 Å². The maximum absolute atomic E-state index is 5.02. The molecule has 0 aliphatic rings. The molecule has 0 heterocycles. The van der Waals surface area contributed by atoms with E-state index in [4.69, 9.17) is 26.8 Å². The van der Waals surface area contributed by atoms with Gasteiger partial charge in [-0.05, 0) is 0 Å². The molecule has 0 N–H and O–H groups in total. The van der Waals surface area contributed by atoms with Crippen molar-refractivity contribution in [2.75, 3.05) is 0 Å². The van der Waals surface area contributed by atoms with Crippen molar-refractivity contribution < 1.29 is 0 Å². The molecule has 0 saturated carbocycles. The summed E-state index contributed by atoms with van der Waals surface area (Å²) in [4.78, 5) is 0. The van der Waals surface area contributed by atoms with Gasteiger partial charge in [-0.25, -0.2) is 0 Å².